The fourth-order valence-electron chi connectivity index (χ4n) is 3.75. The van der Waals surface area contributed by atoms with E-state index < -0.39 is 5.91 Å². The zero-order chi connectivity index (χ0) is 24.1. The maximum absolute atomic E-state index is 13.6. The van der Waals surface area contributed by atoms with Gasteiger partial charge in [-0.2, -0.15) is 0 Å². The van der Waals surface area contributed by atoms with Crippen LogP contribution in [-0.4, -0.2) is 25.0 Å². The van der Waals surface area contributed by atoms with Gasteiger partial charge in [0.2, 0.25) is 0 Å². The summed E-state index contributed by atoms with van der Waals surface area (Å²) in [6.45, 7) is 7.06. The molecule has 1 aliphatic heterocycles. The molecule has 0 saturated carbocycles. The fourth-order valence-corrected chi connectivity index (χ4v) is 3.75. The van der Waals surface area contributed by atoms with Crippen molar-refractivity contribution in [2.45, 2.75) is 27.2 Å². The molecule has 1 N–H and O–H groups in total. The third-order valence-corrected chi connectivity index (χ3v) is 5.41. The molecule has 2 amide bonds. The number of anilines is 2. The van der Waals surface area contributed by atoms with Gasteiger partial charge in [0.1, 0.15) is 17.2 Å². The highest BCUT2D eigenvalue weighted by atomic mass is 16.5. The summed E-state index contributed by atoms with van der Waals surface area (Å²) in [4.78, 5) is 28.3. The Hall–Kier alpha value is -4.06. The van der Waals surface area contributed by atoms with Crippen molar-refractivity contribution in [3.63, 3.8) is 0 Å². The Morgan fingerprint density at radius 1 is 0.824 bits per heavy atom. The molecule has 0 aromatic heterocycles. The van der Waals surface area contributed by atoms with Gasteiger partial charge in [0.15, 0.2) is 0 Å². The second kappa shape index (κ2) is 10.3. The first-order chi connectivity index (χ1) is 16.5. The third kappa shape index (κ3) is 4.81. The van der Waals surface area contributed by atoms with E-state index >= 15 is 0 Å². The van der Waals surface area contributed by atoms with Crippen LogP contribution in [0.2, 0.25) is 0 Å². The summed E-state index contributed by atoms with van der Waals surface area (Å²) >= 11 is 0. The van der Waals surface area contributed by atoms with E-state index in [2.05, 4.69) is 5.32 Å². The molecule has 0 spiro atoms. The molecule has 0 aliphatic carbocycles. The van der Waals surface area contributed by atoms with Crippen molar-refractivity contribution in [3.8, 4) is 11.5 Å². The monoisotopic (exact) mass is 456 g/mol. The second-order valence-corrected chi connectivity index (χ2v) is 7.99. The van der Waals surface area contributed by atoms with Crippen molar-refractivity contribution in [1.82, 2.24) is 0 Å². The van der Waals surface area contributed by atoms with Crippen molar-refractivity contribution in [2.75, 3.05) is 23.4 Å². The summed E-state index contributed by atoms with van der Waals surface area (Å²) in [7, 11) is 0. The first-order valence-electron chi connectivity index (χ1n) is 11.4. The van der Waals surface area contributed by atoms with Gasteiger partial charge in [0.05, 0.1) is 24.5 Å². The number of amides is 2. The maximum atomic E-state index is 13.6. The number of rotatable bonds is 9. The van der Waals surface area contributed by atoms with E-state index in [1.165, 1.54) is 4.90 Å². The van der Waals surface area contributed by atoms with Crippen molar-refractivity contribution < 1.29 is 19.1 Å². The van der Waals surface area contributed by atoms with E-state index in [9.17, 15) is 9.59 Å². The van der Waals surface area contributed by atoms with Crippen LogP contribution in [0.1, 0.15) is 31.4 Å². The van der Waals surface area contributed by atoms with Gasteiger partial charge in [0.25, 0.3) is 11.8 Å². The average molecular weight is 457 g/mol. The predicted octanol–water partition coefficient (Wildman–Crippen LogP) is 5.58. The number of carbonyl (C=O) groups is 2. The zero-order valence-electron chi connectivity index (χ0n) is 19.6. The number of carbonyl (C=O) groups excluding carboxylic acids is 2. The first kappa shape index (κ1) is 23.1. The Balaban J connectivity index is 1.74. The maximum Gasteiger partial charge on any atom is 0.282 e. The highest BCUT2D eigenvalue weighted by Gasteiger charge is 2.40. The first-order valence-corrected chi connectivity index (χ1v) is 11.4. The van der Waals surface area contributed by atoms with Gasteiger partial charge in [0, 0.05) is 11.8 Å². The van der Waals surface area contributed by atoms with Crippen LogP contribution in [0.3, 0.4) is 0 Å². The number of imide groups is 1. The molecular weight excluding hydrogens is 428 g/mol. The Bertz CT molecular complexity index is 1210. The van der Waals surface area contributed by atoms with Gasteiger partial charge < -0.3 is 14.8 Å². The highest BCUT2D eigenvalue weighted by Crippen LogP contribution is 2.35. The lowest BCUT2D eigenvalue weighted by atomic mass is 10.0. The Morgan fingerprint density at radius 2 is 1.56 bits per heavy atom. The predicted molar refractivity (Wildman–Crippen MR) is 134 cm³/mol. The van der Waals surface area contributed by atoms with Crippen molar-refractivity contribution in [3.05, 3.63) is 89.6 Å². The van der Waals surface area contributed by atoms with E-state index in [-0.39, 0.29) is 11.6 Å². The van der Waals surface area contributed by atoms with Crippen molar-refractivity contribution in [1.29, 1.82) is 0 Å². The molecule has 34 heavy (non-hydrogen) atoms. The van der Waals surface area contributed by atoms with Crippen LogP contribution in [0.4, 0.5) is 11.4 Å². The van der Waals surface area contributed by atoms with Crippen molar-refractivity contribution >= 4 is 28.8 Å². The summed E-state index contributed by atoms with van der Waals surface area (Å²) in [5, 5.41) is 3.18. The molecule has 0 bridgehead atoms. The molecule has 0 fully saturated rings. The summed E-state index contributed by atoms with van der Waals surface area (Å²) in [5.41, 5.74) is 3.41. The second-order valence-electron chi connectivity index (χ2n) is 7.99. The molecule has 4 rings (SSSR count). The molecule has 0 unspecified atom stereocenters. The molecule has 3 aromatic carbocycles. The van der Waals surface area contributed by atoms with Crippen LogP contribution < -0.4 is 19.7 Å². The molecule has 0 radical (unpaired) electrons. The molecule has 6 heteroatoms. The molecule has 6 nitrogen and oxygen atoms in total. The number of aryl methyl sites for hydroxylation is 1. The Kier molecular flexibility index (Phi) is 6.97. The van der Waals surface area contributed by atoms with Crippen LogP contribution >= 0.6 is 0 Å². The largest absolute Gasteiger partial charge is 0.494 e. The number of hydrogen-bond donors (Lipinski definition) is 1. The Morgan fingerprint density at radius 3 is 2.24 bits per heavy atom. The minimum atomic E-state index is -0.406. The van der Waals surface area contributed by atoms with Gasteiger partial charge >= 0.3 is 0 Å². The summed E-state index contributed by atoms with van der Waals surface area (Å²) in [5.74, 6) is 0.619. The van der Waals surface area contributed by atoms with Gasteiger partial charge in [-0.1, -0.05) is 42.8 Å². The fraction of sp³-hybridized carbons (Fsp3) is 0.214. The standard InChI is InChI=1S/C28H28N2O4/c1-4-17-34-23-15-11-20(12-16-23)25-26(29-21-7-6-8-24(18-21)33-5-2)28(32)30(27(25)31)22-13-9-19(3)10-14-22/h6-16,18,29H,4-5,17H2,1-3H3. The van der Waals surface area contributed by atoms with Gasteiger partial charge in [-0.05, 0) is 62.2 Å². The van der Waals surface area contributed by atoms with E-state index in [0.29, 0.717) is 41.5 Å². The lowest BCUT2D eigenvalue weighted by molar-refractivity contribution is -0.120. The average Bonchev–Trinajstić information content (AvgIpc) is 3.08. The Labute approximate surface area is 199 Å². The molecular formula is C28H28N2O4. The van der Waals surface area contributed by atoms with Crippen LogP contribution in [-0.2, 0) is 9.59 Å². The number of nitrogens with one attached hydrogen (secondary N) is 1. The minimum absolute atomic E-state index is 0.224. The smallest absolute Gasteiger partial charge is 0.282 e. The van der Waals surface area contributed by atoms with E-state index in [4.69, 9.17) is 9.47 Å². The molecule has 0 saturated heterocycles. The number of nitrogens with zero attached hydrogens (tertiary/aromatic N) is 1. The summed E-state index contributed by atoms with van der Waals surface area (Å²) in [6, 6.07) is 21.9. The quantitative estimate of drug-likeness (QED) is 0.426. The van der Waals surface area contributed by atoms with Crippen LogP contribution in [0.5, 0.6) is 11.5 Å². The van der Waals surface area contributed by atoms with Crippen LogP contribution in [0, 0.1) is 6.92 Å². The van der Waals surface area contributed by atoms with E-state index in [1.54, 1.807) is 12.1 Å². The number of benzene rings is 3. The number of hydrogen-bond acceptors (Lipinski definition) is 5. The lowest BCUT2D eigenvalue weighted by Gasteiger charge is -2.16. The topological polar surface area (TPSA) is 67.9 Å². The third-order valence-electron chi connectivity index (χ3n) is 5.41. The van der Waals surface area contributed by atoms with Crippen LogP contribution in [0.25, 0.3) is 5.57 Å². The molecule has 1 aliphatic rings. The van der Waals surface area contributed by atoms with E-state index in [0.717, 1.165) is 17.7 Å². The van der Waals surface area contributed by atoms with Gasteiger partial charge in [-0.25, -0.2) is 4.90 Å². The minimum Gasteiger partial charge on any atom is -0.494 e. The van der Waals surface area contributed by atoms with Crippen LogP contribution in [0.15, 0.2) is 78.5 Å². The normalized spacial score (nSPS) is 13.4. The molecule has 174 valence electrons. The van der Waals surface area contributed by atoms with Gasteiger partial charge in [-0.15, -0.1) is 0 Å². The van der Waals surface area contributed by atoms with Gasteiger partial charge in [-0.3, -0.25) is 9.59 Å². The molecule has 1 heterocycles. The SMILES string of the molecule is CCCOc1ccc(C2=C(Nc3cccc(OCC)c3)C(=O)N(c3ccc(C)cc3)C2=O)cc1. The number of ether oxygens (including phenoxy) is 2. The molecule has 0 atom stereocenters. The van der Waals surface area contributed by atoms with Crippen molar-refractivity contribution in [2.24, 2.45) is 0 Å². The summed E-state index contributed by atoms with van der Waals surface area (Å²) in [6.07, 6.45) is 0.903. The summed E-state index contributed by atoms with van der Waals surface area (Å²) < 4.78 is 11.3. The lowest BCUT2D eigenvalue weighted by Crippen LogP contribution is -2.32. The molecule has 3 aromatic rings. The van der Waals surface area contributed by atoms with E-state index in [1.807, 2.05) is 81.4 Å². The zero-order valence-corrected chi connectivity index (χ0v) is 19.6. The highest BCUT2D eigenvalue weighted by molar-refractivity contribution is 6.46.